The van der Waals surface area contributed by atoms with Gasteiger partial charge in [0, 0.05) is 12.5 Å². The first-order valence-electron chi connectivity index (χ1n) is 7.89. The van der Waals surface area contributed by atoms with Crippen LogP contribution in [0.25, 0.3) is 0 Å². The summed E-state index contributed by atoms with van der Waals surface area (Å²) >= 11 is 0. The molecule has 0 heterocycles. The standard InChI is InChI=1S/C19H25NO3/c1-14(2)15-6-4-7-17(12-15)22-10-5-11-23-19-9-8-16(21-3)13-18(19)20/h4,6-9,12-14H,5,10-11,20H2,1-3H3. The van der Waals surface area contributed by atoms with Gasteiger partial charge >= 0.3 is 0 Å². The lowest BCUT2D eigenvalue weighted by molar-refractivity contribution is 0.248. The van der Waals surface area contributed by atoms with Gasteiger partial charge in [0.15, 0.2) is 0 Å². The molecule has 23 heavy (non-hydrogen) atoms. The van der Waals surface area contributed by atoms with Gasteiger partial charge in [-0.05, 0) is 35.7 Å². The monoisotopic (exact) mass is 315 g/mol. The van der Waals surface area contributed by atoms with Crippen LogP contribution < -0.4 is 19.9 Å². The minimum Gasteiger partial charge on any atom is -0.497 e. The molecule has 124 valence electrons. The molecule has 0 radical (unpaired) electrons. The van der Waals surface area contributed by atoms with Crippen molar-refractivity contribution in [3.8, 4) is 17.2 Å². The fourth-order valence-corrected chi connectivity index (χ4v) is 2.18. The summed E-state index contributed by atoms with van der Waals surface area (Å²) in [4.78, 5) is 0. The van der Waals surface area contributed by atoms with Crippen molar-refractivity contribution in [1.29, 1.82) is 0 Å². The maximum Gasteiger partial charge on any atom is 0.142 e. The number of anilines is 1. The van der Waals surface area contributed by atoms with Gasteiger partial charge in [-0.1, -0.05) is 26.0 Å². The lowest BCUT2D eigenvalue weighted by Crippen LogP contribution is -2.06. The Labute approximate surface area is 138 Å². The second kappa shape index (κ2) is 8.32. The molecule has 2 rings (SSSR count). The molecule has 0 aliphatic carbocycles. The summed E-state index contributed by atoms with van der Waals surface area (Å²) in [5.41, 5.74) is 7.77. The van der Waals surface area contributed by atoms with E-state index in [4.69, 9.17) is 19.9 Å². The van der Waals surface area contributed by atoms with Crippen LogP contribution in [-0.2, 0) is 0 Å². The van der Waals surface area contributed by atoms with Gasteiger partial charge < -0.3 is 19.9 Å². The molecule has 4 nitrogen and oxygen atoms in total. The summed E-state index contributed by atoms with van der Waals surface area (Å²) in [6.07, 6.45) is 0.789. The highest BCUT2D eigenvalue weighted by atomic mass is 16.5. The van der Waals surface area contributed by atoms with E-state index in [2.05, 4.69) is 26.0 Å². The Morgan fingerprint density at radius 2 is 1.74 bits per heavy atom. The molecule has 0 amide bonds. The van der Waals surface area contributed by atoms with Crippen LogP contribution in [0.5, 0.6) is 17.2 Å². The second-order valence-electron chi connectivity index (χ2n) is 5.68. The number of ether oxygens (including phenoxy) is 3. The fraction of sp³-hybridized carbons (Fsp3) is 0.368. The number of hydrogen-bond acceptors (Lipinski definition) is 4. The van der Waals surface area contributed by atoms with E-state index in [-0.39, 0.29) is 0 Å². The van der Waals surface area contributed by atoms with Crippen LogP contribution in [0.15, 0.2) is 42.5 Å². The van der Waals surface area contributed by atoms with Crippen LogP contribution >= 0.6 is 0 Å². The van der Waals surface area contributed by atoms with Crippen molar-refractivity contribution >= 4 is 5.69 Å². The lowest BCUT2D eigenvalue weighted by Gasteiger charge is -2.12. The van der Waals surface area contributed by atoms with Crippen molar-refractivity contribution in [3.63, 3.8) is 0 Å². The molecule has 0 unspecified atom stereocenters. The zero-order valence-corrected chi connectivity index (χ0v) is 14.0. The van der Waals surface area contributed by atoms with Crippen molar-refractivity contribution in [2.45, 2.75) is 26.2 Å². The first-order valence-corrected chi connectivity index (χ1v) is 7.89. The van der Waals surface area contributed by atoms with Gasteiger partial charge in [-0.25, -0.2) is 0 Å². The fourth-order valence-electron chi connectivity index (χ4n) is 2.18. The third-order valence-electron chi connectivity index (χ3n) is 3.56. The van der Waals surface area contributed by atoms with Crippen molar-refractivity contribution in [2.24, 2.45) is 0 Å². The van der Waals surface area contributed by atoms with E-state index in [1.807, 2.05) is 24.3 Å². The number of hydrogen-bond donors (Lipinski definition) is 1. The van der Waals surface area contributed by atoms with Gasteiger partial charge in [0.05, 0.1) is 26.0 Å². The molecular formula is C19H25NO3. The molecule has 4 heteroatoms. The Bertz CT molecular complexity index is 626. The Morgan fingerprint density at radius 3 is 2.43 bits per heavy atom. The van der Waals surface area contributed by atoms with Crippen molar-refractivity contribution in [2.75, 3.05) is 26.1 Å². The summed E-state index contributed by atoms with van der Waals surface area (Å²) in [5.74, 6) is 2.80. The van der Waals surface area contributed by atoms with Gasteiger partial charge in [0.1, 0.15) is 17.2 Å². The zero-order valence-electron chi connectivity index (χ0n) is 14.0. The second-order valence-corrected chi connectivity index (χ2v) is 5.68. The summed E-state index contributed by atoms with van der Waals surface area (Å²) < 4.78 is 16.6. The van der Waals surface area contributed by atoms with E-state index < -0.39 is 0 Å². The van der Waals surface area contributed by atoms with Gasteiger partial charge in [-0.2, -0.15) is 0 Å². The van der Waals surface area contributed by atoms with Gasteiger partial charge in [0.25, 0.3) is 0 Å². The molecule has 0 saturated carbocycles. The predicted octanol–water partition coefficient (Wildman–Crippen LogP) is 4.25. The third kappa shape index (κ3) is 5.09. The van der Waals surface area contributed by atoms with E-state index >= 15 is 0 Å². The normalized spacial score (nSPS) is 10.6. The maximum absolute atomic E-state index is 5.91. The number of rotatable bonds is 8. The Morgan fingerprint density at radius 1 is 0.957 bits per heavy atom. The van der Waals surface area contributed by atoms with Crippen molar-refractivity contribution in [1.82, 2.24) is 0 Å². The first-order chi connectivity index (χ1) is 11.1. The molecule has 2 aromatic rings. The Kier molecular flexibility index (Phi) is 6.15. The number of nitrogens with two attached hydrogens (primary N) is 1. The topological polar surface area (TPSA) is 53.7 Å². The van der Waals surface area contributed by atoms with Gasteiger partial charge in [-0.3, -0.25) is 0 Å². The minimum atomic E-state index is 0.500. The maximum atomic E-state index is 5.91. The summed E-state index contributed by atoms with van der Waals surface area (Å²) in [5, 5.41) is 0. The van der Waals surface area contributed by atoms with Gasteiger partial charge in [0.2, 0.25) is 0 Å². The van der Waals surface area contributed by atoms with Crippen LogP contribution in [0, 0.1) is 0 Å². The molecular weight excluding hydrogens is 290 g/mol. The highest BCUT2D eigenvalue weighted by molar-refractivity contribution is 5.56. The van der Waals surface area contributed by atoms with Crippen LogP contribution in [0.3, 0.4) is 0 Å². The number of methoxy groups -OCH3 is 1. The molecule has 0 aliphatic heterocycles. The van der Waals surface area contributed by atoms with Gasteiger partial charge in [-0.15, -0.1) is 0 Å². The average Bonchev–Trinajstić information content (AvgIpc) is 2.56. The van der Waals surface area contributed by atoms with Crippen LogP contribution in [-0.4, -0.2) is 20.3 Å². The van der Waals surface area contributed by atoms with Crippen LogP contribution in [0.2, 0.25) is 0 Å². The largest absolute Gasteiger partial charge is 0.497 e. The summed E-state index contributed by atoms with van der Waals surface area (Å²) in [6.45, 7) is 5.51. The average molecular weight is 315 g/mol. The quantitative estimate of drug-likeness (QED) is 0.584. The Hall–Kier alpha value is -2.36. The van der Waals surface area contributed by atoms with Crippen molar-refractivity contribution in [3.05, 3.63) is 48.0 Å². The highest BCUT2D eigenvalue weighted by Gasteiger charge is 2.03. The minimum absolute atomic E-state index is 0.500. The molecule has 2 aromatic carbocycles. The van der Waals surface area contributed by atoms with Crippen LogP contribution in [0.4, 0.5) is 5.69 Å². The van der Waals surface area contributed by atoms with E-state index in [1.165, 1.54) is 5.56 Å². The lowest BCUT2D eigenvalue weighted by atomic mass is 10.0. The van der Waals surface area contributed by atoms with E-state index in [9.17, 15) is 0 Å². The molecule has 0 fully saturated rings. The van der Waals surface area contributed by atoms with E-state index in [1.54, 1.807) is 13.2 Å². The van der Waals surface area contributed by atoms with Crippen LogP contribution in [0.1, 0.15) is 31.7 Å². The highest BCUT2D eigenvalue weighted by Crippen LogP contribution is 2.26. The SMILES string of the molecule is COc1ccc(OCCCOc2cccc(C(C)C)c2)c(N)c1. The Balaban J connectivity index is 1.75. The van der Waals surface area contributed by atoms with E-state index in [0.29, 0.717) is 30.6 Å². The summed E-state index contributed by atoms with van der Waals surface area (Å²) in [6, 6.07) is 13.6. The predicted molar refractivity (Wildman–Crippen MR) is 93.5 cm³/mol. The zero-order chi connectivity index (χ0) is 16.7. The smallest absolute Gasteiger partial charge is 0.142 e. The molecule has 0 saturated heterocycles. The first kappa shape index (κ1) is 17.0. The molecule has 0 spiro atoms. The molecule has 2 N–H and O–H groups in total. The third-order valence-corrected chi connectivity index (χ3v) is 3.56. The number of nitrogen functional groups attached to an aromatic ring is 1. The van der Waals surface area contributed by atoms with E-state index in [0.717, 1.165) is 17.9 Å². The molecule has 0 aliphatic rings. The molecule has 0 atom stereocenters. The summed E-state index contributed by atoms with van der Waals surface area (Å²) in [7, 11) is 1.61. The number of benzene rings is 2. The molecule has 0 aromatic heterocycles. The molecule has 0 bridgehead atoms. The van der Waals surface area contributed by atoms with Crippen molar-refractivity contribution < 1.29 is 14.2 Å².